The second-order valence-corrected chi connectivity index (χ2v) is 12.9. The predicted molar refractivity (Wildman–Crippen MR) is 153 cm³/mol. The van der Waals surface area contributed by atoms with Crippen LogP contribution in [0.5, 0.6) is 6.01 Å². The maximum Gasteiger partial charge on any atom is 0.417 e. The summed E-state index contributed by atoms with van der Waals surface area (Å²) >= 11 is 0.743. The van der Waals surface area contributed by atoms with Gasteiger partial charge in [-0.2, -0.15) is 23.1 Å². The van der Waals surface area contributed by atoms with Crippen molar-refractivity contribution in [2.75, 3.05) is 37.4 Å². The molecule has 3 fully saturated rings. The van der Waals surface area contributed by atoms with Crippen LogP contribution in [0.3, 0.4) is 0 Å². The van der Waals surface area contributed by atoms with Crippen molar-refractivity contribution >= 4 is 43.4 Å². The number of aliphatic hydroxyl groups excluding tert-OH is 1. The van der Waals surface area contributed by atoms with Crippen LogP contribution >= 0.6 is 11.3 Å². The molecule has 0 amide bonds. The zero-order chi connectivity index (χ0) is 31.0. The van der Waals surface area contributed by atoms with E-state index in [9.17, 15) is 27.1 Å². The van der Waals surface area contributed by atoms with Crippen LogP contribution in [0.25, 0.3) is 32.2 Å². The molecule has 2 atom stereocenters. The second-order valence-electron chi connectivity index (χ2n) is 11.9. The van der Waals surface area contributed by atoms with E-state index in [2.05, 4.69) is 20.3 Å². The van der Waals surface area contributed by atoms with Gasteiger partial charge in [0.25, 0.3) is 0 Å². The van der Waals surface area contributed by atoms with Crippen LogP contribution in [0.2, 0.25) is 0 Å². The number of alkyl halides is 4. The van der Waals surface area contributed by atoms with Crippen molar-refractivity contribution < 1.29 is 36.2 Å². The fourth-order valence-electron chi connectivity index (χ4n) is 6.91. The minimum Gasteiger partial charge on any atom is -0.461 e. The Hall–Kier alpha value is -3.43. The summed E-state index contributed by atoms with van der Waals surface area (Å²) in [5, 5.41) is 12.2. The fraction of sp³-hybridized carbons (Fsp3) is 0.483. The normalized spacial score (nSPS) is 25.5. The lowest BCUT2D eigenvalue weighted by Gasteiger charge is -2.35. The number of nitrogens with one attached hydrogen (secondary N) is 1. The van der Waals surface area contributed by atoms with Crippen LogP contribution in [0.15, 0.2) is 18.2 Å². The molecular formula is C29H28F6N6O2S. The summed E-state index contributed by atoms with van der Waals surface area (Å²) in [6.45, 7) is 0.997. The van der Waals surface area contributed by atoms with Gasteiger partial charge in [-0.1, -0.05) is 11.3 Å². The van der Waals surface area contributed by atoms with Crippen molar-refractivity contribution in [1.29, 1.82) is 0 Å². The lowest BCUT2D eigenvalue weighted by atomic mass is 9.81. The number of halogens is 6. The molecule has 1 saturated carbocycles. The van der Waals surface area contributed by atoms with Crippen LogP contribution < -0.4 is 15.8 Å². The molecule has 7 rings (SSSR count). The number of nitrogen functional groups attached to an aromatic ring is 1. The molecular weight excluding hydrogens is 610 g/mol. The molecule has 234 valence electrons. The van der Waals surface area contributed by atoms with Crippen LogP contribution in [-0.4, -0.2) is 69.0 Å². The Morgan fingerprint density at radius 3 is 2.70 bits per heavy atom. The zero-order valence-corrected chi connectivity index (χ0v) is 24.0. The highest BCUT2D eigenvalue weighted by molar-refractivity contribution is 7.22. The van der Waals surface area contributed by atoms with Crippen LogP contribution in [-0.2, 0) is 6.18 Å². The molecule has 4 N–H and O–H groups in total. The molecule has 15 heteroatoms. The number of ether oxygens (including phenoxy) is 1. The Morgan fingerprint density at radius 2 is 1.95 bits per heavy atom. The number of benzene rings is 2. The van der Waals surface area contributed by atoms with Gasteiger partial charge in [-0.15, -0.1) is 0 Å². The lowest BCUT2D eigenvalue weighted by Crippen LogP contribution is -2.43. The van der Waals surface area contributed by atoms with E-state index >= 15 is 4.39 Å². The number of aliphatic hydroxyl groups is 1. The minimum atomic E-state index is -5.02. The van der Waals surface area contributed by atoms with Crippen molar-refractivity contribution in [2.24, 2.45) is 5.92 Å². The number of thiazole rings is 1. The molecule has 0 unspecified atom stereocenters. The average molecular weight is 639 g/mol. The Balaban J connectivity index is 1.38. The number of rotatable bonds is 7. The molecule has 4 heterocycles. The van der Waals surface area contributed by atoms with Crippen molar-refractivity contribution in [3.8, 4) is 17.1 Å². The van der Waals surface area contributed by atoms with Gasteiger partial charge < -0.3 is 20.9 Å². The largest absolute Gasteiger partial charge is 0.461 e. The van der Waals surface area contributed by atoms with Gasteiger partial charge in [-0.3, -0.25) is 4.90 Å². The average Bonchev–Trinajstić information content (AvgIpc) is 3.61. The first kappa shape index (κ1) is 29.3. The van der Waals surface area contributed by atoms with Gasteiger partial charge >= 0.3 is 12.2 Å². The van der Waals surface area contributed by atoms with E-state index in [4.69, 9.17) is 10.5 Å². The van der Waals surface area contributed by atoms with Crippen LogP contribution in [0, 0.1) is 17.6 Å². The topological polar surface area (TPSA) is 109 Å². The highest BCUT2D eigenvalue weighted by Gasteiger charge is 2.49. The van der Waals surface area contributed by atoms with E-state index in [0.717, 1.165) is 36.0 Å². The SMILES string of the molecule is Nc1nc2c(-c3c(C(F)(F)F)cc4c(N[C@H]5C[C@@H](CO)C5)nc(OC[C@@]56CCCN5C[C@H](F)C6)nc4c3F)ccc(F)c2s1. The van der Waals surface area contributed by atoms with Crippen molar-refractivity contribution in [1.82, 2.24) is 19.9 Å². The van der Waals surface area contributed by atoms with Crippen LogP contribution in [0.1, 0.15) is 37.7 Å². The third-order valence-corrected chi connectivity index (χ3v) is 9.96. The van der Waals surface area contributed by atoms with Crippen molar-refractivity contribution in [3.05, 3.63) is 35.4 Å². The number of anilines is 2. The Labute approximate surface area is 251 Å². The molecule has 2 aromatic carbocycles. The first-order valence-electron chi connectivity index (χ1n) is 14.3. The summed E-state index contributed by atoms with van der Waals surface area (Å²) < 4.78 is 95.1. The fourth-order valence-corrected chi connectivity index (χ4v) is 7.67. The molecule has 2 aliphatic heterocycles. The standard InChI is InChI=1S/C29H28F6N6O2S/c30-14-9-28(4-1-5-41(28)10-14)12-43-27-39-22-17(25(40-27)37-15-6-13(7-15)11-42)8-18(29(33,34)35)20(21(22)32)16-2-3-19(31)24-23(16)38-26(36)44-24/h2-3,8,13-15,42H,1,4-7,9-12H2,(H2,36,38)(H,37,39,40)/t13-,14-,15+,28+/m1/s1. The Bertz CT molecular complexity index is 1760. The number of fused-ring (bicyclic) bond motifs is 3. The van der Waals surface area contributed by atoms with Gasteiger partial charge in [0.05, 0.1) is 21.3 Å². The van der Waals surface area contributed by atoms with E-state index in [1.165, 1.54) is 0 Å². The predicted octanol–water partition coefficient (Wildman–Crippen LogP) is 5.92. The molecule has 3 aliphatic rings. The number of nitrogens with two attached hydrogens (primary N) is 1. The molecule has 2 saturated heterocycles. The zero-order valence-electron chi connectivity index (χ0n) is 23.2. The van der Waals surface area contributed by atoms with Crippen molar-refractivity contribution in [3.63, 3.8) is 0 Å². The molecule has 8 nitrogen and oxygen atoms in total. The van der Waals surface area contributed by atoms with Gasteiger partial charge in [0, 0.05) is 42.1 Å². The third kappa shape index (κ3) is 4.88. The monoisotopic (exact) mass is 638 g/mol. The molecule has 0 radical (unpaired) electrons. The molecule has 0 spiro atoms. The van der Waals surface area contributed by atoms with Gasteiger partial charge in [0.15, 0.2) is 10.9 Å². The van der Waals surface area contributed by atoms with Gasteiger partial charge in [0.1, 0.15) is 29.9 Å². The summed E-state index contributed by atoms with van der Waals surface area (Å²) in [6, 6.07) is 2.26. The number of hydrogen-bond donors (Lipinski definition) is 3. The second kappa shape index (κ2) is 10.6. The Kier molecular flexibility index (Phi) is 7.05. The lowest BCUT2D eigenvalue weighted by molar-refractivity contribution is -0.137. The summed E-state index contributed by atoms with van der Waals surface area (Å²) in [5.74, 6) is -2.08. The summed E-state index contributed by atoms with van der Waals surface area (Å²) in [5.41, 5.74) is 2.09. The van der Waals surface area contributed by atoms with E-state index in [1.807, 2.05) is 4.90 Å². The first-order chi connectivity index (χ1) is 21.0. The summed E-state index contributed by atoms with van der Waals surface area (Å²) in [6.07, 6.45) is -3.13. The molecule has 1 aliphatic carbocycles. The molecule has 0 bridgehead atoms. The van der Waals surface area contributed by atoms with Gasteiger partial charge in [-0.25, -0.2) is 18.2 Å². The van der Waals surface area contributed by atoms with Crippen LogP contribution in [0.4, 0.5) is 37.3 Å². The summed E-state index contributed by atoms with van der Waals surface area (Å²) in [4.78, 5) is 14.6. The van der Waals surface area contributed by atoms with Gasteiger partial charge in [0.2, 0.25) is 0 Å². The smallest absolute Gasteiger partial charge is 0.417 e. The first-order valence-corrected chi connectivity index (χ1v) is 15.1. The summed E-state index contributed by atoms with van der Waals surface area (Å²) in [7, 11) is 0. The molecule has 2 aromatic heterocycles. The number of nitrogens with zero attached hydrogens (tertiary/aromatic N) is 4. The number of aromatic nitrogens is 3. The Morgan fingerprint density at radius 1 is 1.16 bits per heavy atom. The van der Waals surface area contributed by atoms with Gasteiger partial charge in [-0.05, 0) is 56.3 Å². The minimum absolute atomic E-state index is 0.0280. The highest BCUT2D eigenvalue weighted by atomic mass is 32.1. The van der Waals surface area contributed by atoms with E-state index in [-0.39, 0.29) is 76.3 Å². The maximum absolute atomic E-state index is 16.6. The molecule has 44 heavy (non-hydrogen) atoms. The van der Waals surface area contributed by atoms with Crippen molar-refractivity contribution in [2.45, 2.75) is 56.0 Å². The van der Waals surface area contributed by atoms with E-state index in [1.54, 1.807) is 0 Å². The highest BCUT2D eigenvalue weighted by Crippen LogP contribution is 2.46. The molecule has 4 aromatic rings. The van der Waals surface area contributed by atoms with E-state index in [0.29, 0.717) is 25.8 Å². The quantitative estimate of drug-likeness (QED) is 0.214. The number of hydrogen-bond acceptors (Lipinski definition) is 9. The third-order valence-electron chi connectivity index (χ3n) is 9.06. The van der Waals surface area contributed by atoms with E-state index < -0.39 is 46.2 Å². The maximum atomic E-state index is 16.6.